The van der Waals surface area contributed by atoms with Crippen LogP contribution in [0.1, 0.15) is 11.1 Å². The molecule has 0 atom stereocenters. The van der Waals surface area contributed by atoms with Gasteiger partial charge in [-0.25, -0.2) is 0 Å². The molecular formula is C16H14N2O. The van der Waals surface area contributed by atoms with Gasteiger partial charge in [-0.1, -0.05) is 30.3 Å². The van der Waals surface area contributed by atoms with Crippen LogP contribution in [0.5, 0.6) is 5.75 Å². The van der Waals surface area contributed by atoms with Crippen LogP contribution in [0, 0.1) is 11.3 Å². The lowest BCUT2D eigenvalue weighted by Crippen LogP contribution is -1.91. The Labute approximate surface area is 112 Å². The molecule has 0 saturated heterocycles. The number of rotatable bonds is 3. The molecule has 2 rings (SSSR count). The van der Waals surface area contributed by atoms with Gasteiger partial charge in [0.2, 0.25) is 0 Å². The molecule has 0 unspecified atom stereocenters. The van der Waals surface area contributed by atoms with Crippen molar-refractivity contribution in [2.45, 2.75) is 0 Å². The van der Waals surface area contributed by atoms with Crippen LogP contribution in [0.15, 0.2) is 48.5 Å². The number of hydrogen-bond acceptors (Lipinski definition) is 3. The number of ether oxygens (including phenoxy) is 1. The number of nitriles is 1. The largest absolute Gasteiger partial charge is 0.496 e. The molecular weight excluding hydrogens is 236 g/mol. The monoisotopic (exact) mass is 250 g/mol. The maximum atomic E-state index is 9.28. The second-order valence-corrected chi connectivity index (χ2v) is 4.04. The van der Waals surface area contributed by atoms with E-state index in [1.165, 1.54) is 0 Å². The normalized spacial score (nSPS) is 10.8. The van der Waals surface area contributed by atoms with Crippen LogP contribution >= 0.6 is 0 Å². The number of methoxy groups -OCH3 is 1. The molecule has 0 aliphatic rings. The van der Waals surface area contributed by atoms with Gasteiger partial charge in [-0.3, -0.25) is 0 Å². The second kappa shape index (κ2) is 5.74. The van der Waals surface area contributed by atoms with Gasteiger partial charge in [0.1, 0.15) is 5.75 Å². The third kappa shape index (κ3) is 2.93. The van der Waals surface area contributed by atoms with Crippen LogP contribution in [0.4, 0.5) is 5.69 Å². The van der Waals surface area contributed by atoms with Crippen molar-refractivity contribution in [3.05, 3.63) is 59.7 Å². The number of hydrogen-bond donors (Lipinski definition) is 1. The summed E-state index contributed by atoms with van der Waals surface area (Å²) in [5.41, 5.74) is 8.64. The highest BCUT2D eigenvalue weighted by Crippen LogP contribution is 2.26. The standard InChI is InChI=1S/C16H14N2O/c1-19-16-10-15(18)8-7-13(16)9-14(11-17)12-5-3-2-4-6-12/h2-10H,18H2,1H3. The van der Waals surface area contributed by atoms with Crippen LogP contribution in [-0.4, -0.2) is 7.11 Å². The third-order valence-corrected chi connectivity index (χ3v) is 2.76. The molecule has 0 amide bonds. The molecule has 2 N–H and O–H groups in total. The van der Waals surface area contributed by atoms with E-state index in [4.69, 9.17) is 10.5 Å². The summed E-state index contributed by atoms with van der Waals surface area (Å²) in [6.07, 6.45) is 1.80. The zero-order valence-corrected chi connectivity index (χ0v) is 10.6. The van der Waals surface area contributed by atoms with E-state index in [1.54, 1.807) is 25.3 Å². The van der Waals surface area contributed by atoms with Crippen molar-refractivity contribution in [2.24, 2.45) is 0 Å². The maximum absolute atomic E-state index is 9.28. The van der Waals surface area contributed by atoms with Gasteiger partial charge >= 0.3 is 0 Å². The minimum Gasteiger partial charge on any atom is -0.496 e. The number of allylic oxidation sites excluding steroid dienone is 1. The minimum atomic E-state index is 0.587. The Bertz CT molecular complexity index is 640. The van der Waals surface area contributed by atoms with Gasteiger partial charge in [-0.15, -0.1) is 0 Å². The summed E-state index contributed by atoms with van der Waals surface area (Å²) in [6.45, 7) is 0. The Morgan fingerprint density at radius 3 is 2.58 bits per heavy atom. The van der Waals surface area contributed by atoms with E-state index < -0.39 is 0 Å². The van der Waals surface area contributed by atoms with Crippen molar-refractivity contribution in [3.63, 3.8) is 0 Å². The van der Waals surface area contributed by atoms with Gasteiger partial charge in [0, 0.05) is 17.3 Å². The summed E-state index contributed by atoms with van der Waals surface area (Å²) in [7, 11) is 1.58. The molecule has 94 valence electrons. The first kappa shape index (κ1) is 12.7. The quantitative estimate of drug-likeness (QED) is 0.516. The molecule has 2 aromatic carbocycles. The summed E-state index contributed by atoms with van der Waals surface area (Å²) in [5, 5.41) is 9.28. The molecule has 0 heterocycles. The predicted molar refractivity (Wildman–Crippen MR) is 77.3 cm³/mol. The Balaban J connectivity index is 2.48. The highest BCUT2D eigenvalue weighted by atomic mass is 16.5. The molecule has 0 radical (unpaired) electrons. The van der Waals surface area contributed by atoms with Crippen LogP contribution in [0.2, 0.25) is 0 Å². The molecule has 0 spiro atoms. The van der Waals surface area contributed by atoms with Crippen LogP contribution in [0.3, 0.4) is 0 Å². The zero-order chi connectivity index (χ0) is 13.7. The Morgan fingerprint density at radius 2 is 1.95 bits per heavy atom. The summed E-state index contributed by atoms with van der Waals surface area (Å²) < 4.78 is 5.27. The van der Waals surface area contributed by atoms with E-state index >= 15 is 0 Å². The van der Waals surface area contributed by atoms with E-state index in [-0.39, 0.29) is 0 Å². The lowest BCUT2D eigenvalue weighted by molar-refractivity contribution is 0.414. The van der Waals surface area contributed by atoms with Gasteiger partial charge in [0.25, 0.3) is 0 Å². The van der Waals surface area contributed by atoms with Crippen LogP contribution < -0.4 is 10.5 Å². The molecule has 0 aromatic heterocycles. The van der Waals surface area contributed by atoms with E-state index in [9.17, 15) is 5.26 Å². The van der Waals surface area contributed by atoms with E-state index in [2.05, 4.69) is 6.07 Å². The first-order valence-corrected chi connectivity index (χ1v) is 5.85. The lowest BCUT2D eigenvalue weighted by atomic mass is 10.0. The summed E-state index contributed by atoms with van der Waals surface area (Å²) in [4.78, 5) is 0. The molecule has 0 fully saturated rings. The molecule has 3 nitrogen and oxygen atoms in total. The van der Waals surface area contributed by atoms with Crippen molar-refractivity contribution in [1.29, 1.82) is 5.26 Å². The maximum Gasteiger partial charge on any atom is 0.128 e. The van der Waals surface area contributed by atoms with E-state index in [0.717, 1.165) is 11.1 Å². The third-order valence-electron chi connectivity index (χ3n) is 2.76. The van der Waals surface area contributed by atoms with Gasteiger partial charge in [-0.2, -0.15) is 5.26 Å². The number of benzene rings is 2. The van der Waals surface area contributed by atoms with Crippen molar-refractivity contribution in [3.8, 4) is 11.8 Å². The molecule has 19 heavy (non-hydrogen) atoms. The van der Waals surface area contributed by atoms with Gasteiger partial charge in [0.05, 0.1) is 18.8 Å². The number of anilines is 1. The van der Waals surface area contributed by atoms with Crippen LogP contribution in [-0.2, 0) is 0 Å². The number of nitrogen functional groups attached to an aromatic ring is 1. The zero-order valence-electron chi connectivity index (χ0n) is 10.6. The van der Waals surface area contributed by atoms with Gasteiger partial charge in [0.15, 0.2) is 0 Å². The molecule has 0 saturated carbocycles. The Morgan fingerprint density at radius 1 is 1.21 bits per heavy atom. The van der Waals surface area contributed by atoms with Crippen LogP contribution in [0.25, 0.3) is 11.6 Å². The van der Waals surface area contributed by atoms with Crippen molar-refractivity contribution < 1.29 is 4.74 Å². The fraction of sp³-hybridized carbons (Fsp3) is 0.0625. The average molecular weight is 250 g/mol. The molecule has 2 aromatic rings. The second-order valence-electron chi connectivity index (χ2n) is 4.04. The Kier molecular flexibility index (Phi) is 3.84. The van der Waals surface area contributed by atoms with E-state index in [1.807, 2.05) is 36.4 Å². The Hall–Kier alpha value is -2.73. The molecule has 3 heteroatoms. The smallest absolute Gasteiger partial charge is 0.128 e. The first-order valence-electron chi connectivity index (χ1n) is 5.85. The number of nitrogens with two attached hydrogens (primary N) is 1. The summed E-state index contributed by atoms with van der Waals surface area (Å²) >= 11 is 0. The average Bonchev–Trinajstić information content (AvgIpc) is 2.46. The summed E-state index contributed by atoms with van der Waals surface area (Å²) in [6, 6.07) is 17.1. The number of nitrogens with zero attached hydrogens (tertiary/aromatic N) is 1. The fourth-order valence-corrected chi connectivity index (χ4v) is 1.80. The highest BCUT2D eigenvalue weighted by Gasteiger charge is 2.04. The molecule has 0 aliphatic carbocycles. The minimum absolute atomic E-state index is 0.587. The lowest BCUT2D eigenvalue weighted by Gasteiger charge is -2.06. The topological polar surface area (TPSA) is 59.0 Å². The SMILES string of the molecule is COc1cc(N)ccc1C=C(C#N)c1ccccc1. The molecule has 0 aliphatic heterocycles. The first-order chi connectivity index (χ1) is 9.24. The highest BCUT2D eigenvalue weighted by molar-refractivity contribution is 5.90. The van der Waals surface area contributed by atoms with E-state index in [0.29, 0.717) is 17.0 Å². The fourth-order valence-electron chi connectivity index (χ4n) is 1.80. The van der Waals surface area contributed by atoms with Crippen molar-refractivity contribution >= 4 is 17.3 Å². The van der Waals surface area contributed by atoms with Gasteiger partial charge in [-0.05, 0) is 23.8 Å². The summed E-state index contributed by atoms with van der Waals surface area (Å²) in [5.74, 6) is 0.656. The van der Waals surface area contributed by atoms with Crippen molar-refractivity contribution in [2.75, 3.05) is 12.8 Å². The van der Waals surface area contributed by atoms with Gasteiger partial charge < -0.3 is 10.5 Å². The predicted octanol–water partition coefficient (Wildman–Crippen LogP) is 3.34. The molecule has 0 bridgehead atoms. The van der Waals surface area contributed by atoms with Crippen molar-refractivity contribution in [1.82, 2.24) is 0 Å².